The largest absolute Gasteiger partial charge is 0.493 e. The van der Waals surface area contributed by atoms with Gasteiger partial charge < -0.3 is 15.8 Å². The molecular weight excluding hydrogens is 298 g/mol. The highest BCUT2D eigenvalue weighted by Gasteiger charge is 2.11. The molecule has 0 aliphatic heterocycles. The van der Waals surface area contributed by atoms with Crippen LogP contribution < -0.4 is 15.8 Å². The van der Waals surface area contributed by atoms with Gasteiger partial charge in [0.15, 0.2) is 5.13 Å². The highest BCUT2D eigenvalue weighted by molar-refractivity contribution is 7.14. The van der Waals surface area contributed by atoms with Crippen molar-refractivity contribution >= 4 is 22.4 Å². The highest BCUT2D eigenvalue weighted by Crippen LogP contribution is 2.32. The number of carbonyl (C=O) groups is 1. The van der Waals surface area contributed by atoms with Crippen LogP contribution in [0.25, 0.3) is 11.3 Å². The number of hydrogen-bond acceptors (Lipinski definition) is 5. The van der Waals surface area contributed by atoms with E-state index >= 15 is 0 Å². The van der Waals surface area contributed by atoms with Gasteiger partial charge in [-0.3, -0.25) is 4.79 Å². The van der Waals surface area contributed by atoms with E-state index in [2.05, 4.69) is 24.1 Å². The van der Waals surface area contributed by atoms with E-state index in [1.165, 1.54) is 11.3 Å². The molecule has 6 heteroatoms. The van der Waals surface area contributed by atoms with Gasteiger partial charge >= 0.3 is 0 Å². The Kier molecular flexibility index (Phi) is 5.91. The Balaban J connectivity index is 2.15. The lowest BCUT2D eigenvalue weighted by Gasteiger charge is -2.11. The Morgan fingerprint density at radius 2 is 2.18 bits per heavy atom. The maximum atomic E-state index is 11.6. The van der Waals surface area contributed by atoms with Crippen LogP contribution in [0.15, 0.2) is 29.6 Å². The minimum absolute atomic E-state index is 0.118. The molecule has 0 aliphatic rings. The maximum Gasteiger partial charge on any atom is 0.227 e. The lowest BCUT2D eigenvalue weighted by atomic mass is 10.1. The van der Waals surface area contributed by atoms with Crippen molar-refractivity contribution in [2.75, 3.05) is 18.5 Å². The zero-order chi connectivity index (χ0) is 15.9. The Hall–Kier alpha value is -1.92. The number of anilines is 1. The Morgan fingerprint density at radius 1 is 1.41 bits per heavy atom. The molecular formula is C16H21N3O2S. The van der Waals surface area contributed by atoms with Crippen LogP contribution in [0, 0.1) is 5.92 Å². The number of thiazole rings is 1. The number of carbonyl (C=O) groups excluding carboxylic acids is 1. The van der Waals surface area contributed by atoms with Crippen molar-refractivity contribution in [3.8, 4) is 17.0 Å². The molecule has 3 N–H and O–H groups in total. The zero-order valence-electron chi connectivity index (χ0n) is 12.8. The molecule has 1 aromatic carbocycles. The molecule has 2 rings (SSSR count). The molecule has 0 saturated carbocycles. The topological polar surface area (TPSA) is 77.2 Å². The molecule has 1 amide bonds. The van der Waals surface area contributed by atoms with Crippen LogP contribution >= 0.6 is 11.3 Å². The zero-order valence-corrected chi connectivity index (χ0v) is 13.7. The van der Waals surface area contributed by atoms with Crippen molar-refractivity contribution in [3.05, 3.63) is 29.6 Å². The number of aromatic nitrogens is 1. The minimum atomic E-state index is -0.118. The summed E-state index contributed by atoms with van der Waals surface area (Å²) in [5, 5.41) is 5.24. The van der Waals surface area contributed by atoms with E-state index in [1.54, 1.807) is 0 Å². The second kappa shape index (κ2) is 7.91. The summed E-state index contributed by atoms with van der Waals surface area (Å²) < 4.78 is 5.84. The molecule has 0 bridgehead atoms. The summed E-state index contributed by atoms with van der Waals surface area (Å²) in [6.45, 7) is 5.20. The molecule has 0 fully saturated rings. The van der Waals surface area contributed by atoms with Gasteiger partial charge in [0.05, 0.1) is 12.3 Å². The molecule has 0 aliphatic carbocycles. The van der Waals surface area contributed by atoms with E-state index < -0.39 is 0 Å². The third-order valence-corrected chi connectivity index (χ3v) is 3.61. The fourth-order valence-corrected chi connectivity index (χ4v) is 2.56. The molecule has 2 aromatic rings. The third kappa shape index (κ3) is 4.54. The molecule has 0 unspecified atom stereocenters. The van der Waals surface area contributed by atoms with Gasteiger partial charge in [-0.15, -0.1) is 11.3 Å². The summed E-state index contributed by atoms with van der Waals surface area (Å²) >= 11 is 1.39. The Bertz CT molecular complexity index is 625. The number of ether oxygens (including phenoxy) is 1. The first kappa shape index (κ1) is 16.5. The fourth-order valence-electron chi connectivity index (χ4n) is 1.83. The van der Waals surface area contributed by atoms with Crippen molar-refractivity contribution in [1.29, 1.82) is 0 Å². The number of nitrogens with one attached hydrogen (secondary N) is 1. The van der Waals surface area contributed by atoms with Crippen LogP contribution in [0.3, 0.4) is 0 Å². The van der Waals surface area contributed by atoms with E-state index in [-0.39, 0.29) is 5.91 Å². The SMILES string of the molecule is CC(C)COc1ccccc1-c1csc(NC(=O)CCN)n1. The first-order valence-corrected chi connectivity index (χ1v) is 8.15. The molecule has 22 heavy (non-hydrogen) atoms. The van der Waals surface area contributed by atoms with E-state index in [1.807, 2.05) is 29.6 Å². The summed E-state index contributed by atoms with van der Waals surface area (Å²) in [6, 6.07) is 7.79. The number of hydrogen-bond donors (Lipinski definition) is 2. The van der Waals surface area contributed by atoms with Gasteiger partial charge in [0, 0.05) is 23.9 Å². The molecule has 0 radical (unpaired) electrons. The van der Waals surface area contributed by atoms with Gasteiger partial charge in [-0.2, -0.15) is 0 Å². The van der Waals surface area contributed by atoms with E-state index in [0.29, 0.717) is 30.6 Å². The van der Waals surface area contributed by atoms with Gasteiger partial charge in [0.1, 0.15) is 5.75 Å². The predicted octanol–water partition coefficient (Wildman–Crippen LogP) is 3.13. The van der Waals surface area contributed by atoms with Crippen LogP contribution in [-0.2, 0) is 4.79 Å². The Labute approximate surface area is 134 Å². The second-order valence-electron chi connectivity index (χ2n) is 5.33. The standard InChI is InChI=1S/C16H21N3O2S/c1-11(2)9-21-14-6-4-3-5-12(14)13-10-22-16(18-13)19-15(20)7-8-17/h3-6,10-11H,7-9,17H2,1-2H3,(H,18,19,20). The highest BCUT2D eigenvalue weighted by atomic mass is 32.1. The van der Waals surface area contributed by atoms with Crippen LogP contribution in [0.2, 0.25) is 0 Å². The summed E-state index contributed by atoms with van der Waals surface area (Å²) in [4.78, 5) is 16.0. The maximum absolute atomic E-state index is 11.6. The van der Waals surface area contributed by atoms with E-state index in [4.69, 9.17) is 10.5 Å². The first-order valence-electron chi connectivity index (χ1n) is 7.27. The van der Waals surface area contributed by atoms with Gasteiger partial charge in [0.25, 0.3) is 0 Å². The molecule has 0 atom stereocenters. The van der Waals surface area contributed by atoms with Crippen molar-refractivity contribution in [3.63, 3.8) is 0 Å². The minimum Gasteiger partial charge on any atom is -0.493 e. The summed E-state index contributed by atoms with van der Waals surface area (Å²) in [7, 11) is 0. The molecule has 5 nitrogen and oxygen atoms in total. The van der Waals surface area contributed by atoms with Crippen LogP contribution in [0.1, 0.15) is 20.3 Å². The van der Waals surface area contributed by atoms with Crippen LogP contribution in [-0.4, -0.2) is 24.0 Å². The van der Waals surface area contributed by atoms with E-state index in [0.717, 1.165) is 17.0 Å². The lowest BCUT2D eigenvalue weighted by Crippen LogP contribution is -2.15. The van der Waals surface area contributed by atoms with Crippen LogP contribution in [0.4, 0.5) is 5.13 Å². The number of nitrogens with two attached hydrogens (primary N) is 1. The summed E-state index contributed by atoms with van der Waals surface area (Å²) in [5.41, 5.74) is 7.09. The summed E-state index contributed by atoms with van der Waals surface area (Å²) in [6.07, 6.45) is 0.295. The quantitative estimate of drug-likeness (QED) is 0.822. The number of nitrogens with zero attached hydrogens (tertiary/aromatic N) is 1. The van der Waals surface area contributed by atoms with Crippen LogP contribution in [0.5, 0.6) is 5.75 Å². The smallest absolute Gasteiger partial charge is 0.227 e. The second-order valence-corrected chi connectivity index (χ2v) is 6.18. The molecule has 118 valence electrons. The van der Waals surface area contributed by atoms with Gasteiger partial charge in [-0.1, -0.05) is 26.0 Å². The number of amides is 1. The normalized spacial score (nSPS) is 10.7. The average Bonchev–Trinajstić information content (AvgIpc) is 2.94. The van der Waals surface area contributed by atoms with Gasteiger partial charge in [-0.25, -0.2) is 4.98 Å². The predicted molar refractivity (Wildman–Crippen MR) is 90.2 cm³/mol. The number of benzene rings is 1. The Morgan fingerprint density at radius 3 is 2.91 bits per heavy atom. The lowest BCUT2D eigenvalue weighted by molar-refractivity contribution is -0.116. The molecule has 0 spiro atoms. The molecule has 0 saturated heterocycles. The van der Waals surface area contributed by atoms with Crippen molar-refractivity contribution in [2.45, 2.75) is 20.3 Å². The van der Waals surface area contributed by atoms with Gasteiger partial charge in [-0.05, 0) is 18.1 Å². The number of para-hydroxylation sites is 1. The average molecular weight is 319 g/mol. The molecule has 1 aromatic heterocycles. The van der Waals surface area contributed by atoms with E-state index in [9.17, 15) is 4.79 Å². The first-order chi connectivity index (χ1) is 10.6. The van der Waals surface area contributed by atoms with Gasteiger partial charge in [0.2, 0.25) is 5.91 Å². The third-order valence-electron chi connectivity index (χ3n) is 2.86. The molecule has 1 heterocycles. The fraction of sp³-hybridized carbons (Fsp3) is 0.375. The van der Waals surface area contributed by atoms with Crippen molar-refractivity contribution in [2.24, 2.45) is 11.7 Å². The summed E-state index contributed by atoms with van der Waals surface area (Å²) in [5.74, 6) is 1.14. The van der Waals surface area contributed by atoms with Crippen molar-refractivity contribution < 1.29 is 9.53 Å². The van der Waals surface area contributed by atoms with Crippen molar-refractivity contribution in [1.82, 2.24) is 4.98 Å². The monoisotopic (exact) mass is 319 g/mol. The number of rotatable bonds is 7.